The first-order chi connectivity index (χ1) is 9.54. The molecule has 1 heterocycles. The number of nitrogens with one attached hydrogen (secondary N) is 1. The van der Waals surface area contributed by atoms with Gasteiger partial charge in [-0.05, 0) is 52.3 Å². The molecule has 2 aromatic rings. The number of halogens is 3. The quantitative estimate of drug-likeness (QED) is 0.650. The van der Waals surface area contributed by atoms with Crippen molar-refractivity contribution in [3.05, 3.63) is 52.8 Å². The first-order valence-corrected chi connectivity index (χ1v) is 7.20. The molecule has 0 spiro atoms. The van der Waals surface area contributed by atoms with Gasteiger partial charge in [0, 0.05) is 10.6 Å². The van der Waals surface area contributed by atoms with E-state index in [-0.39, 0.29) is 11.6 Å². The Balaban J connectivity index is 2.04. The van der Waals surface area contributed by atoms with Crippen molar-refractivity contribution in [2.24, 2.45) is 0 Å². The van der Waals surface area contributed by atoms with Gasteiger partial charge in [0.1, 0.15) is 10.3 Å². The van der Waals surface area contributed by atoms with E-state index in [1.54, 1.807) is 30.3 Å². The lowest BCUT2D eigenvalue weighted by Crippen LogP contribution is -2.13. The molecule has 2 rings (SSSR count). The van der Waals surface area contributed by atoms with E-state index in [9.17, 15) is 13.6 Å². The van der Waals surface area contributed by atoms with Gasteiger partial charge in [0.25, 0.3) is 11.7 Å². The number of nitrogens with zero attached hydrogens (tertiary/aromatic N) is 1. The lowest BCUT2D eigenvalue weighted by atomic mass is 10.3. The molecule has 0 saturated carbocycles. The highest BCUT2D eigenvalue weighted by atomic mass is 79.9. The second-order valence-electron chi connectivity index (χ2n) is 3.70. The van der Waals surface area contributed by atoms with Crippen molar-refractivity contribution in [3.8, 4) is 0 Å². The van der Waals surface area contributed by atoms with Crippen LogP contribution in [0.25, 0.3) is 0 Å². The van der Waals surface area contributed by atoms with Gasteiger partial charge in [-0.15, -0.1) is 0 Å². The molecular weight excluding hydrogens is 350 g/mol. The zero-order chi connectivity index (χ0) is 14.5. The maximum Gasteiger partial charge on any atom is 0.288 e. The third-order valence-corrected chi connectivity index (χ3v) is 3.45. The van der Waals surface area contributed by atoms with E-state index in [1.165, 1.54) is 12.1 Å². The topological polar surface area (TPSA) is 42.0 Å². The van der Waals surface area contributed by atoms with Gasteiger partial charge in [-0.1, -0.05) is 17.8 Å². The summed E-state index contributed by atoms with van der Waals surface area (Å²) >= 11 is 3.64. The largest absolute Gasteiger partial charge is 0.321 e. The minimum absolute atomic E-state index is 0.269. The molecule has 1 N–H and O–H groups in total. The normalized spacial score (nSPS) is 10.6. The van der Waals surface area contributed by atoms with Crippen molar-refractivity contribution in [2.45, 2.75) is 10.7 Å². The van der Waals surface area contributed by atoms with Gasteiger partial charge in [-0.2, -0.15) is 8.78 Å². The van der Waals surface area contributed by atoms with Crippen molar-refractivity contribution in [3.63, 3.8) is 0 Å². The van der Waals surface area contributed by atoms with Crippen molar-refractivity contribution in [1.82, 2.24) is 4.98 Å². The number of aromatic nitrogens is 1. The van der Waals surface area contributed by atoms with Crippen LogP contribution in [0.3, 0.4) is 0 Å². The second-order valence-corrected chi connectivity index (χ2v) is 5.58. The van der Waals surface area contributed by atoms with Crippen LogP contribution in [0.15, 0.2) is 52.0 Å². The van der Waals surface area contributed by atoms with Gasteiger partial charge in [0.2, 0.25) is 0 Å². The standard InChI is InChI=1S/C13H9BrF2N2OS/c14-11-3-1-2-10(18-11)12(19)17-8-4-6-9(7-5-8)20-13(15)16/h1-7,13H,(H,17,19). The highest BCUT2D eigenvalue weighted by Crippen LogP contribution is 2.26. The third kappa shape index (κ3) is 4.28. The Kier molecular flexibility index (Phi) is 5.08. The number of carbonyl (C=O) groups excluding carboxylic acids is 1. The molecule has 1 aromatic heterocycles. The summed E-state index contributed by atoms with van der Waals surface area (Å²) in [4.78, 5) is 16.4. The minimum atomic E-state index is -2.46. The van der Waals surface area contributed by atoms with E-state index in [0.717, 1.165) is 0 Å². The van der Waals surface area contributed by atoms with Crippen LogP contribution in [0.1, 0.15) is 10.5 Å². The van der Waals surface area contributed by atoms with Gasteiger partial charge in [0.15, 0.2) is 0 Å². The summed E-state index contributed by atoms with van der Waals surface area (Å²) in [5, 5.41) is 2.65. The van der Waals surface area contributed by atoms with E-state index in [2.05, 4.69) is 26.2 Å². The maximum atomic E-state index is 12.2. The molecule has 104 valence electrons. The lowest BCUT2D eigenvalue weighted by Gasteiger charge is -2.06. The number of anilines is 1. The summed E-state index contributed by atoms with van der Waals surface area (Å²) in [6.45, 7) is 0. The Morgan fingerprint density at radius 3 is 2.50 bits per heavy atom. The third-order valence-electron chi connectivity index (χ3n) is 2.29. The number of benzene rings is 1. The van der Waals surface area contributed by atoms with Crippen molar-refractivity contribution in [2.75, 3.05) is 5.32 Å². The Labute approximate surface area is 126 Å². The molecule has 7 heteroatoms. The molecule has 0 fully saturated rings. The monoisotopic (exact) mass is 358 g/mol. The lowest BCUT2D eigenvalue weighted by molar-refractivity contribution is 0.102. The minimum Gasteiger partial charge on any atom is -0.321 e. The Hall–Kier alpha value is -1.47. The molecule has 1 aromatic carbocycles. The molecule has 0 aliphatic rings. The molecule has 0 bridgehead atoms. The first kappa shape index (κ1) is 14.9. The van der Waals surface area contributed by atoms with Crippen LogP contribution in [0.5, 0.6) is 0 Å². The highest BCUT2D eigenvalue weighted by molar-refractivity contribution is 9.10. The number of pyridine rings is 1. The van der Waals surface area contributed by atoms with Gasteiger partial charge >= 0.3 is 0 Å². The SMILES string of the molecule is O=C(Nc1ccc(SC(F)F)cc1)c1cccc(Br)n1. The number of carbonyl (C=O) groups is 1. The summed E-state index contributed by atoms with van der Waals surface area (Å²) in [6, 6.07) is 11.2. The van der Waals surface area contributed by atoms with Gasteiger partial charge in [-0.25, -0.2) is 4.98 Å². The average Bonchev–Trinajstić information content (AvgIpc) is 2.40. The average molecular weight is 359 g/mol. The number of rotatable bonds is 4. The van der Waals surface area contributed by atoms with Crippen LogP contribution in [0, 0.1) is 0 Å². The fourth-order valence-electron chi connectivity index (χ4n) is 1.45. The molecule has 0 aliphatic carbocycles. The Bertz CT molecular complexity index is 608. The fraction of sp³-hybridized carbons (Fsp3) is 0.0769. The summed E-state index contributed by atoms with van der Waals surface area (Å²) < 4.78 is 24.9. The van der Waals surface area contributed by atoms with E-state index in [0.29, 0.717) is 26.9 Å². The van der Waals surface area contributed by atoms with Crippen LogP contribution in [0.4, 0.5) is 14.5 Å². The number of hydrogen-bond acceptors (Lipinski definition) is 3. The highest BCUT2D eigenvalue weighted by Gasteiger charge is 2.09. The van der Waals surface area contributed by atoms with Crippen molar-refractivity contribution >= 4 is 39.3 Å². The number of amides is 1. The summed E-state index contributed by atoms with van der Waals surface area (Å²) in [5.41, 5.74) is 0.792. The van der Waals surface area contributed by atoms with E-state index >= 15 is 0 Å². The van der Waals surface area contributed by atoms with Crippen molar-refractivity contribution < 1.29 is 13.6 Å². The van der Waals surface area contributed by atoms with E-state index in [1.807, 2.05) is 0 Å². The fourth-order valence-corrected chi connectivity index (χ4v) is 2.29. The first-order valence-electron chi connectivity index (χ1n) is 5.53. The van der Waals surface area contributed by atoms with Crippen LogP contribution in [0.2, 0.25) is 0 Å². The van der Waals surface area contributed by atoms with Gasteiger partial charge in [0.05, 0.1) is 0 Å². The molecular formula is C13H9BrF2N2OS. The van der Waals surface area contributed by atoms with Crippen LogP contribution in [-0.4, -0.2) is 16.6 Å². The molecule has 0 aliphatic heterocycles. The molecule has 0 unspecified atom stereocenters. The molecule has 20 heavy (non-hydrogen) atoms. The number of thioether (sulfide) groups is 1. The second kappa shape index (κ2) is 6.81. The zero-order valence-corrected chi connectivity index (χ0v) is 12.4. The van der Waals surface area contributed by atoms with Crippen LogP contribution >= 0.6 is 27.7 Å². The van der Waals surface area contributed by atoms with Crippen LogP contribution in [-0.2, 0) is 0 Å². The molecule has 1 amide bonds. The van der Waals surface area contributed by atoms with E-state index < -0.39 is 5.76 Å². The smallest absolute Gasteiger partial charge is 0.288 e. The predicted octanol–water partition coefficient (Wildman–Crippen LogP) is 4.41. The maximum absolute atomic E-state index is 12.2. The predicted molar refractivity (Wildman–Crippen MR) is 78.2 cm³/mol. The number of alkyl halides is 2. The summed E-state index contributed by atoms with van der Waals surface area (Å²) in [5.74, 6) is -2.82. The summed E-state index contributed by atoms with van der Waals surface area (Å²) in [7, 11) is 0. The summed E-state index contributed by atoms with van der Waals surface area (Å²) in [6.07, 6.45) is 0. The van der Waals surface area contributed by atoms with E-state index in [4.69, 9.17) is 0 Å². The Morgan fingerprint density at radius 2 is 1.90 bits per heavy atom. The number of hydrogen-bond donors (Lipinski definition) is 1. The molecule has 3 nitrogen and oxygen atoms in total. The van der Waals surface area contributed by atoms with Crippen molar-refractivity contribution in [1.29, 1.82) is 0 Å². The van der Waals surface area contributed by atoms with Gasteiger partial charge in [-0.3, -0.25) is 4.79 Å². The van der Waals surface area contributed by atoms with Gasteiger partial charge < -0.3 is 5.32 Å². The Morgan fingerprint density at radius 1 is 1.20 bits per heavy atom. The molecule has 0 saturated heterocycles. The molecule has 0 radical (unpaired) electrons. The van der Waals surface area contributed by atoms with Crippen LogP contribution < -0.4 is 5.32 Å². The molecule has 0 atom stereocenters. The zero-order valence-electron chi connectivity index (χ0n) is 10.0.